The van der Waals surface area contributed by atoms with Crippen LogP contribution in [0.2, 0.25) is 0 Å². The number of carbonyl (C=O) groups is 1. The summed E-state index contributed by atoms with van der Waals surface area (Å²) in [4.78, 5) is 16.4. The first-order valence-corrected chi connectivity index (χ1v) is 6.57. The lowest BCUT2D eigenvalue weighted by atomic mass is 10.1. The summed E-state index contributed by atoms with van der Waals surface area (Å²) in [6, 6.07) is 9.37. The van der Waals surface area contributed by atoms with E-state index in [1.807, 2.05) is 47.3 Å². The van der Waals surface area contributed by atoms with Crippen molar-refractivity contribution in [1.29, 1.82) is 0 Å². The average Bonchev–Trinajstić information content (AvgIpc) is 2.39. The van der Waals surface area contributed by atoms with Crippen molar-refractivity contribution < 1.29 is 9.36 Å². The van der Waals surface area contributed by atoms with E-state index in [1.54, 1.807) is 6.20 Å². The maximum atomic E-state index is 12.1. The summed E-state index contributed by atoms with van der Waals surface area (Å²) in [5.41, 5.74) is 1.77. The minimum Gasteiger partial charge on any atom is -0.287 e. The molecule has 0 amide bonds. The van der Waals surface area contributed by atoms with Gasteiger partial charge in [0.1, 0.15) is 5.69 Å². The zero-order valence-corrected chi connectivity index (χ0v) is 11.4. The third-order valence-electron chi connectivity index (χ3n) is 2.85. The Hall–Kier alpha value is -2.03. The molecule has 1 aromatic heterocycles. The van der Waals surface area contributed by atoms with Gasteiger partial charge in [-0.05, 0) is 12.3 Å². The van der Waals surface area contributed by atoms with Gasteiger partial charge in [0, 0.05) is 5.56 Å². The van der Waals surface area contributed by atoms with Crippen molar-refractivity contribution in [2.75, 3.05) is 0 Å². The fourth-order valence-corrected chi connectivity index (χ4v) is 1.99. The number of aromatic nitrogens is 2. The van der Waals surface area contributed by atoms with Crippen LogP contribution < -0.4 is 4.57 Å². The molecule has 2 aromatic rings. The van der Waals surface area contributed by atoms with Crippen molar-refractivity contribution in [2.24, 2.45) is 5.92 Å². The van der Waals surface area contributed by atoms with Gasteiger partial charge in [-0.15, -0.1) is 0 Å². The number of hydrogen-bond donors (Lipinski definition) is 0. The molecule has 0 fully saturated rings. The van der Waals surface area contributed by atoms with E-state index >= 15 is 0 Å². The smallest absolute Gasteiger partial charge is 0.227 e. The van der Waals surface area contributed by atoms with Crippen LogP contribution in [0.4, 0.5) is 0 Å². The number of Topliss-reactive ketones (excluding diaryl/α,β-unsaturated/α-hetero) is 1. The SMILES string of the molecule is CC(C)Cc1c[n+](CC(=O)c2ccccc2)ccn1. The molecule has 0 spiro atoms. The molecule has 0 aliphatic carbocycles. The Kier molecular flexibility index (Phi) is 4.39. The lowest BCUT2D eigenvalue weighted by molar-refractivity contribution is -0.684. The van der Waals surface area contributed by atoms with Gasteiger partial charge in [0.2, 0.25) is 12.3 Å². The molecule has 0 saturated carbocycles. The molecule has 1 aromatic carbocycles. The molecule has 0 unspecified atom stereocenters. The van der Waals surface area contributed by atoms with Crippen LogP contribution in [0.1, 0.15) is 29.9 Å². The third kappa shape index (κ3) is 3.98. The van der Waals surface area contributed by atoms with Crippen LogP contribution in [0.25, 0.3) is 0 Å². The van der Waals surface area contributed by atoms with Crippen molar-refractivity contribution in [3.8, 4) is 0 Å². The van der Waals surface area contributed by atoms with Crippen LogP contribution in [0.5, 0.6) is 0 Å². The maximum Gasteiger partial charge on any atom is 0.227 e. The Bertz CT molecular complexity index is 550. The first-order valence-electron chi connectivity index (χ1n) is 6.57. The van der Waals surface area contributed by atoms with E-state index < -0.39 is 0 Å². The predicted molar refractivity (Wildman–Crippen MR) is 73.7 cm³/mol. The number of hydrogen-bond acceptors (Lipinski definition) is 2. The van der Waals surface area contributed by atoms with Crippen molar-refractivity contribution in [3.63, 3.8) is 0 Å². The second-order valence-electron chi connectivity index (χ2n) is 5.11. The third-order valence-corrected chi connectivity index (χ3v) is 2.85. The van der Waals surface area contributed by atoms with E-state index in [9.17, 15) is 4.79 Å². The van der Waals surface area contributed by atoms with Crippen molar-refractivity contribution in [3.05, 3.63) is 60.2 Å². The molecule has 0 N–H and O–H groups in total. The molecule has 0 atom stereocenters. The van der Waals surface area contributed by atoms with Crippen molar-refractivity contribution in [1.82, 2.24) is 4.98 Å². The quantitative estimate of drug-likeness (QED) is 0.607. The van der Waals surface area contributed by atoms with Gasteiger partial charge in [-0.2, -0.15) is 4.57 Å². The molecular weight excluding hydrogens is 236 g/mol. The molecule has 3 heteroatoms. The first kappa shape index (κ1) is 13.4. The molecular formula is C16H19N2O+. The molecule has 19 heavy (non-hydrogen) atoms. The molecule has 0 radical (unpaired) electrons. The molecule has 0 bridgehead atoms. The normalized spacial score (nSPS) is 10.7. The Morgan fingerprint density at radius 2 is 2.00 bits per heavy atom. The van der Waals surface area contributed by atoms with Crippen molar-refractivity contribution >= 4 is 5.78 Å². The van der Waals surface area contributed by atoms with Crippen LogP contribution in [-0.2, 0) is 13.0 Å². The van der Waals surface area contributed by atoms with Crippen LogP contribution in [0, 0.1) is 5.92 Å². The van der Waals surface area contributed by atoms with Gasteiger partial charge in [0.25, 0.3) is 0 Å². The number of ketones is 1. The molecule has 3 nitrogen and oxygen atoms in total. The van der Waals surface area contributed by atoms with Gasteiger partial charge in [-0.3, -0.25) is 4.79 Å². The van der Waals surface area contributed by atoms with E-state index in [0.29, 0.717) is 12.5 Å². The minimum atomic E-state index is 0.118. The highest BCUT2D eigenvalue weighted by Crippen LogP contribution is 2.03. The largest absolute Gasteiger partial charge is 0.287 e. The summed E-state index contributed by atoms with van der Waals surface area (Å²) in [5, 5.41) is 0. The molecule has 1 heterocycles. The monoisotopic (exact) mass is 255 g/mol. The van der Waals surface area contributed by atoms with Gasteiger partial charge in [0.05, 0.1) is 6.20 Å². The topological polar surface area (TPSA) is 33.8 Å². The molecule has 2 rings (SSSR count). The lowest BCUT2D eigenvalue weighted by Crippen LogP contribution is -2.38. The molecule has 0 saturated heterocycles. The molecule has 0 aliphatic rings. The minimum absolute atomic E-state index is 0.118. The Balaban J connectivity index is 2.09. The first-order chi connectivity index (χ1) is 9.15. The van der Waals surface area contributed by atoms with Crippen molar-refractivity contribution in [2.45, 2.75) is 26.8 Å². The van der Waals surface area contributed by atoms with E-state index in [0.717, 1.165) is 17.7 Å². The van der Waals surface area contributed by atoms with Crippen LogP contribution >= 0.6 is 0 Å². The number of carbonyl (C=O) groups excluding carboxylic acids is 1. The summed E-state index contributed by atoms with van der Waals surface area (Å²) >= 11 is 0. The number of benzene rings is 1. The van der Waals surface area contributed by atoms with Crippen LogP contribution in [-0.4, -0.2) is 10.8 Å². The fourth-order valence-electron chi connectivity index (χ4n) is 1.99. The van der Waals surface area contributed by atoms with E-state index in [2.05, 4.69) is 18.8 Å². The summed E-state index contributed by atoms with van der Waals surface area (Å²) in [6.07, 6.45) is 6.49. The number of nitrogens with zero attached hydrogens (tertiary/aromatic N) is 2. The highest BCUT2D eigenvalue weighted by Gasteiger charge is 2.13. The fraction of sp³-hybridized carbons (Fsp3) is 0.312. The van der Waals surface area contributed by atoms with Crippen LogP contribution in [0.15, 0.2) is 48.9 Å². The summed E-state index contributed by atoms with van der Waals surface area (Å²) in [6.45, 7) is 4.68. The lowest BCUT2D eigenvalue weighted by Gasteiger charge is -2.03. The van der Waals surface area contributed by atoms with E-state index in [1.165, 1.54) is 0 Å². The summed E-state index contributed by atoms with van der Waals surface area (Å²) in [7, 11) is 0. The highest BCUT2D eigenvalue weighted by atomic mass is 16.1. The van der Waals surface area contributed by atoms with Gasteiger partial charge in [0.15, 0.2) is 12.4 Å². The van der Waals surface area contributed by atoms with Gasteiger partial charge in [-0.25, -0.2) is 4.98 Å². The number of rotatable bonds is 5. The average molecular weight is 255 g/mol. The van der Waals surface area contributed by atoms with E-state index in [-0.39, 0.29) is 5.78 Å². The summed E-state index contributed by atoms with van der Waals surface area (Å²) < 4.78 is 1.90. The predicted octanol–water partition coefficient (Wildman–Crippen LogP) is 2.45. The second kappa shape index (κ2) is 6.23. The molecule has 0 aliphatic heterocycles. The van der Waals surface area contributed by atoms with Gasteiger partial charge < -0.3 is 0 Å². The summed E-state index contributed by atoms with van der Waals surface area (Å²) in [5.74, 6) is 0.681. The van der Waals surface area contributed by atoms with E-state index in [4.69, 9.17) is 0 Å². The van der Waals surface area contributed by atoms with Crippen LogP contribution in [0.3, 0.4) is 0 Å². The zero-order chi connectivity index (χ0) is 13.7. The Morgan fingerprint density at radius 3 is 2.68 bits per heavy atom. The Morgan fingerprint density at radius 1 is 1.26 bits per heavy atom. The zero-order valence-electron chi connectivity index (χ0n) is 11.4. The second-order valence-corrected chi connectivity index (χ2v) is 5.11. The van der Waals surface area contributed by atoms with Gasteiger partial charge >= 0.3 is 0 Å². The standard InChI is InChI=1S/C16H19N2O/c1-13(2)10-15-11-18(9-8-17-15)12-16(19)14-6-4-3-5-7-14/h3-9,11,13H,10,12H2,1-2H3/q+1. The molecule has 98 valence electrons. The van der Waals surface area contributed by atoms with Gasteiger partial charge in [-0.1, -0.05) is 44.2 Å². The highest BCUT2D eigenvalue weighted by molar-refractivity contribution is 5.94. The maximum absolute atomic E-state index is 12.1. The Labute approximate surface area is 113 Å².